The van der Waals surface area contributed by atoms with Crippen LogP contribution in [0.15, 0.2) is 41.3 Å². The van der Waals surface area contributed by atoms with Crippen molar-refractivity contribution in [2.24, 2.45) is 0 Å². The quantitative estimate of drug-likeness (QED) is 0.478. The molecule has 0 unspecified atom stereocenters. The van der Waals surface area contributed by atoms with Gasteiger partial charge >= 0.3 is 6.18 Å². The van der Waals surface area contributed by atoms with Crippen LogP contribution in [0.25, 0.3) is 16.7 Å². The predicted molar refractivity (Wildman–Crippen MR) is 99.9 cm³/mol. The zero-order valence-corrected chi connectivity index (χ0v) is 16.0. The summed E-state index contributed by atoms with van der Waals surface area (Å²) in [7, 11) is 0. The number of nitrogens with zero attached hydrogens (tertiary/aromatic N) is 2. The van der Waals surface area contributed by atoms with E-state index in [0.717, 1.165) is 22.9 Å². The van der Waals surface area contributed by atoms with Crippen LogP contribution in [0.1, 0.15) is 23.7 Å². The number of halogens is 6. The van der Waals surface area contributed by atoms with Crippen molar-refractivity contribution in [2.45, 2.75) is 25.6 Å². The molecule has 1 atom stereocenters. The standard InChI is InChI=1S/C19H13ClF5N3O2/c1-2-14(19(23,24)25)26-18(30)11-8-28(13-5-3-9(21)7-12(13)22)17-10(16(11)29)4-6-15(20)27-17/h3-8,14H,2H2,1H3,(H,26,30)/t14-/m0/s1. The average molecular weight is 446 g/mol. The van der Waals surface area contributed by atoms with Gasteiger partial charge in [0.05, 0.1) is 11.1 Å². The molecule has 158 valence electrons. The summed E-state index contributed by atoms with van der Waals surface area (Å²) >= 11 is 5.85. The molecule has 1 N–H and O–H groups in total. The van der Waals surface area contributed by atoms with Gasteiger partial charge in [-0.3, -0.25) is 14.2 Å². The molecule has 0 saturated carbocycles. The zero-order valence-electron chi connectivity index (χ0n) is 15.2. The first-order valence-corrected chi connectivity index (χ1v) is 8.95. The number of fused-ring (bicyclic) bond motifs is 1. The van der Waals surface area contributed by atoms with Crippen LogP contribution in [0, 0.1) is 11.6 Å². The Morgan fingerprint density at radius 3 is 2.53 bits per heavy atom. The third kappa shape index (κ3) is 4.13. The highest BCUT2D eigenvalue weighted by molar-refractivity contribution is 6.29. The van der Waals surface area contributed by atoms with Crippen molar-refractivity contribution in [3.05, 3.63) is 69.1 Å². The maximum atomic E-state index is 14.4. The molecule has 30 heavy (non-hydrogen) atoms. The number of rotatable bonds is 4. The van der Waals surface area contributed by atoms with Crippen LogP contribution in [0.3, 0.4) is 0 Å². The molecule has 3 aromatic rings. The van der Waals surface area contributed by atoms with Crippen molar-refractivity contribution in [3.8, 4) is 5.69 Å². The van der Waals surface area contributed by atoms with Crippen molar-refractivity contribution < 1.29 is 26.7 Å². The van der Waals surface area contributed by atoms with Gasteiger partial charge in [0, 0.05) is 12.3 Å². The summed E-state index contributed by atoms with van der Waals surface area (Å²) in [4.78, 5) is 29.2. The van der Waals surface area contributed by atoms with Crippen LogP contribution < -0.4 is 10.7 Å². The van der Waals surface area contributed by atoms with Gasteiger partial charge in [-0.05, 0) is 30.7 Å². The van der Waals surface area contributed by atoms with E-state index in [1.54, 1.807) is 5.32 Å². The second-order valence-electron chi connectivity index (χ2n) is 6.32. The molecule has 0 fully saturated rings. The van der Waals surface area contributed by atoms with Gasteiger partial charge < -0.3 is 5.32 Å². The fourth-order valence-corrected chi connectivity index (χ4v) is 3.00. The minimum absolute atomic E-state index is 0.0570. The van der Waals surface area contributed by atoms with Crippen LogP contribution in [0.2, 0.25) is 5.15 Å². The SMILES string of the molecule is CC[C@H](NC(=O)c1cn(-c2ccc(F)cc2F)c2nc(Cl)ccc2c1=O)C(F)(F)F. The van der Waals surface area contributed by atoms with Crippen molar-refractivity contribution >= 4 is 28.5 Å². The van der Waals surface area contributed by atoms with E-state index in [1.165, 1.54) is 19.1 Å². The molecule has 2 heterocycles. The number of pyridine rings is 2. The summed E-state index contributed by atoms with van der Waals surface area (Å²) in [5.74, 6) is -3.21. The van der Waals surface area contributed by atoms with E-state index in [9.17, 15) is 31.5 Å². The Balaban J connectivity index is 2.24. The van der Waals surface area contributed by atoms with E-state index in [1.807, 2.05) is 0 Å². The van der Waals surface area contributed by atoms with E-state index in [4.69, 9.17) is 11.6 Å². The Labute approximate surface area is 171 Å². The Bertz CT molecular complexity index is 1190. The van der Waals surface area contributed by atoms with Crippen molar-refractivity contribution in [1.82, 2.24) is 14.9 Å². The van der Waals surface area contributed by atoms with Crippen LogP contribution in [0.4, 0.5) is 22.0 Å². The molecule has 0 bridgehead atoms. The number of nitrogens with one attached hydrogen (secondary N) is 1. The molecule has 1 aromatic carbocycles. The minimum Gasteiger partial charge on any atom is -0.340 e. The van der Waals surface area contributed by atoms with Gasteiger partial charge in [0.15, 0.2) is 0 Å². The first-order valence-electron chi connectivity index (χ1n) is 8.57. The van der Waals surface area contributed by atoms with Crippen LogP contribution in [-0.4, -0.2) is 27.7 Å². The molecule has 1 amide bonds. The second kappa shape index (κ2) is 8.02. The second-order valence-corrected chi connectivity index (χ2v) is 6.71. The Morgan fingerprint density at radius 1 is 1.23 bits per heavy atom. The maximum Gasteiger partial charge on any atom is 0.408 e. The van der Waals surface area contributed by atoms with Gasteiger partial charge in [0.1, 0.15) is 34.0 Å². The molecule has 11 heteroatoms. The summed E-state index contributed by atoms with van der Waals surface area (Å²) in [6.07, 6.45) is -4.33. The van der Waals surface area contributed by atoms with Gasteiger partial charge in [-0.25, -0.2) is 13.8 Å². The molecule has 0 saturated heterocycles. The van der Waals surface area contributed by atoms with E-state index >= 15 is 0 Å². The smallest absolute Gasteiger partial charge is 0.340 e. The average Bonchev–Trinajstić information content (AvgIpc) is 2.66. The van der Waals surface area contributed by atoms with Gasteiger partial charge in [-0.1, -0.05) is 18.5 Å². The summed E-state index contributed by atoms with van der Waals surface area (Å²) in [5.41, 5.74) is -2.02. The molecular weight excluding hydrogens is 433 g/mol. The van der Waals surface area contributed by atoms with Crippen LogP contribution >= 0.6 is 11.6 Å². The highest BCUT2D eigenvalue weighted by Gasteiger charge is 2.39. The highest BCUT2D eigenvalue weighted by Crippen LogP contribution is 2.24. The lowest BCUT2D eigenvalue weighted by Gasteiger charge is -2.20. The molecule has 0 radical (unpaired) electrons. The molecule has 0 aliphatic carbocycles. The van der Waals surface area contributed by atoms with Gasteiger partial charge in [-0.2, -0.15) is 13.2 Å². The third-order valence-corrected chi connectivity index (χ3v) is 4.55. The van der Waals surface area contributed by atoms with Gasteiger partial charge in [-0.15, -0.1) is 0 Å². The molecule has 5 nitrogen and oxygen atoms in total. The highest BCUT2D eigenvalue weighted by atomic mass is 35.5. The van der Waals surface area contributed by atoms with E-state index in [2.05, 4.69) is 4.98 Å². The number of aromatic nitrogens is 2. The molecule has 0 spiro atoms. The number of benzene rings is 1. The third-order valence-electron chi connectivity index (χ3n) is 4.34. The molecule has 3 rings (SSSR count). The summed E-state index contributed by atoms with van der Waals surface area (Å²) < 4.78 is 67.7. The predicted octanol–water partition coefficient (Wildman–Crippen LogP) is 4.39. The van der Waals surface area contributed by atoms with Crippen LogP contribution in [-0.2, 0) is 0 Å². The molecule has 0 aliphatic rings. The van der Waals surface area contributed by atoms with E-state index in [0.29, 0.717) is 6.07 Å². The normalized spacial score (nSPS) is 12.8. The lowest BCUT2D eigenvalue weighted by Crippen LogP contribution is -2.46. The van der Waals surface area contributed by atoms with E-state index < -0.39 is 47.2 Å². The van der Waals surface area contributed by atoms with Gasteiger partial charge in [0.2, 0.25) is 5.43 Å². The van der Waals surface area contributed by atoms with Crippen molar-refractivity contribution in [3.63, 3.8) is 0 Å². The first-order chi connectivity index (χ1) is 14.0. The molecular formula is C19H13ClF5N3O2. The fraction of sp³-hybridized carbons (Fsp3) is 0.211. The lowest BCUT2D eigenvalue weighted by molar-refractivity contribution is -0.153. The Kier molecular flexibility index (Phi) is 5.80. The van der Waals surface area contributed by atoms with Gasteiger partial charge in [0.25, 0.3) is 5.91 Å². The maximum absolute atomic E-state index is 14.4. The number of amides is 1. The molecule has 2 aromatic heterocycles. The van der Waals surface area contributed by atoms with Crippen molar-refractivity contribution in [1.29, 1.82) is 0 Å². The zero-order chi connectivity index (χ0) is 22.2. The number of carbonyl (C=O) groups is 1. The summed E-state index contributed by atoms with van der Waals surface area (Å²) in [6.45, 7) is 1.22. The number of hydrogen-bond acceptors (Lipinski definition) is 3. The number of alkyl halides is 3. The summed E-state index contributed by atoms with van der Waals surface area (Å²) in [6, 6.07) is 2.80. The van der Waals surface area contributed by atoms with Crippen molar-refractivity contribution in [2.75, 3.05) is 0 Å². The lowest BCUT2D eigenvalue weighted by atomic mass is 10.1. The van der Waals surface area contributed by atoms with Crippen LogP contribution in [0.5, 0.6) is 0 Å². The van der Waals surface area contributed by atoms with E-state index in [-0.39, 0.29) is 21.9 Å². The Morgan fingerprint density at radius 2 is 1.93 bits per heavy atom. The Hall–Kier alpha value is -3.01. The first kappa shape index (κ1) is 21.7. The number of hydrogen-bond donors (Lipinski definition) is 1. The summed E-state index contributed by atoms with van der Waals surface area (Å²) in [5, 5.41) is 1.52. The fourth-order valence-electron chi connectivity index (χ4n) is 2.85. The topological polar surface area (TPSA) is 64.0 Å². The monoisotopic (exact) mass is 445 g/mol. The molecule has 0 aliphatic heterocycles. The number of carbonyl (C=O) groups excluding carboxylic acids is 1. The largest absolute Gasteiger partial charge is 0.408 e. The minimum atomic E-state index is -4.72.